The van der Waals surface area contributed by atoms with Crippen molar-refractivity contribution < 1.29 is 4.79 Å². The maximum Gasteiger partial charge on any atom is 0.236 e. The Hall–Kier alpha value is -2.49. The topological polar surface area (TPSA) is 72.3 Å². The van der Waals surface area contributed by atoms with Crippen LogP contribution in [0.2, 0.25) is 0 Å². The van der Waals surface area contributed by atoms with Gasteiger partial charge in [0.15, 0.2) is 0 Å². The number of carbonyl (C=O) groups excluding carboxylic acids is 1. The molecule has 0 spiro atoms. The van der Waals surface area contributed by atoms with Crippen molar-refractivity contribution in [3.05, 3.63) is 48.0 Å². The zero-order valence-corrected chi connectivity index (χ0v) is 9.76. The quantitative estimate of drug-likeness (QED) is 0.748. The fourth-order valence-electron chi connectivity index (χ4n) is 2.25. The van der Waals surface area contributed by atoms with Crippen LogP contribution in [-0.2, 0) is 11.2 Å². The third-order valence-electron chi connectivity index (χ3n) is 3.09. The van der Waals surface area contributed by atoms with E-state index < -0.39 is 0 Å². The minimum absolute atomic E-state index is 0.0559. The lowest BCUT2D eigenvalue weighted by atomic mass is 10.1. The molecule has 4 N–H and O–H groups in total. The molecule has 2 aromatic carbocycles. The Balaban J connectivity index is 2.09. The van der Waals surface area contributed by atoms with Crippen LogP contribution in [0.1, 0.15) is 5.56 Å². The summed E-state index contributed by atoms with van der Waals surface area (Å²) in [7, 11) is 0. The normalized spacial score (nSPS) is 13.8. The molecular formula is C14H13N3O. The van der Waals surface area contributed by atoms with Gasteiger partial charge in [-0.1, -0.05) is 0 Å². The van der Waals surface area contributed by atoms with E-state index in [2.05, 4.69) is 0 Å². The maximum atomic E-state index is 12.1. The van der Waals surface area contributed by atoms with Gasteiger partial charge in [0.2, 0.25) is 5.91 Å². The summed E-state index contributed by atoms with van der Waals surface area (Å²) in [6, 6.07) is 12.8. The van der Waals surface area contributed by atoms with Crippen molar-refractivity contribution in [3.8, 4) is 0 Å². The number of anilines is 4. The summed E-state index contributed by atoms with van der Waals surface area (Å²) in [4.78, 5) is 13.8. The van der Waals surface area contributed by atoms with E-state index in [-0.39, 0.29) is 5.91 Å². The van der Waals surface area contributed by atoms with Crippen LogP contribution in [-0.4, -0.2) is 5.91 Å². The Kier molecular flexibility index (Phi) is 2.23. The second-order valence-corrected chi connectivity index (χ2v) is 4.39. The zero-order chi connectivity index (χ0) is 12.7. The number of nitrogens with two attached hydrogens (primary N) is 2. The van der Waals surface area contributed by atoms with Crippen LogP contribution in [0.4, 0.5) is 22.7 Å². The van der Waals surface area contributed by atoms with E-state index in [0.717, 1.165) is 16.9 Å². The highest BCUT2D eigenvalue weighted by Crippen LogP contribution is 2.36. The number of hydrogen-bond donors (Lipinski definition) is 2. The van der Waals surface area contributed by atoms with Crippen LogP contribution < -0.4 is 16.4 Å². The number of carbonyl (C=O) groups is 1. The molecule has 0 fully saturated rings. The first-order valence-corrected chi connectivity index (χ1v) is 5.72. The van der Waals surface area contributed by atoms with E-state index in [0.29, 0.717) is 17.8 Å². The van der Waals surface area contributed by atoms with Gasteiger partial charge >= 0.3 is 0 Å². The minimum atomic E-state index is 0.0559. The van der Waals surface area contributed by atoms with Gasteiger partial charge in [-0.3, -0.25) is 9.69 Å². The van der Waals surface area contributed by atoms with E-state index in [1.165, 1.54) is 0 Å². The van der Waals surface area contributed by atoms with Crippen molar-refractivity contribution in [2.75, 3.05) is 16.4 Å². The first-order chi connectivity index (χ1) is 8.65. The third kappa shape index (κ3) is 1.59. The molecule has 2 aromatic rings. The smallest absolute Gasteiger partial charge is 0.236 e. The highest BCUT2D eigenvalue weighted by Gasteiger charge is 2.28. The van der Waals surface area contributed by atoms with Gasteiger partial charge in [-0.25, -0.2) is 0 Å². The summed E-state index contributed by atoms with van der Waals surface area (Å²) in [5.74, 6) is 0.0559. The van der Waals surface area contributed by atoms with Crippen LogP contribution in [0.25, 0.3) is 0 Å². The van der Waals surface area contributed by atoms with Crippen LogP contribution >= 0.6 is 0 Å². The summed E-state index contributed by atoms with van der Waals surface area (Å²) >= 11 is 0. The Labute approximate surface area is 105 Å². The maximum absolute atomic E-state index is 12.1. The highest BCUT2D eigenvalue weighted by atomic mass is 16.2. The number of amides is 1. The number of nitrogen functional groups attached to an aromatic ring is 2. The minimum Gasteiger partial charge on any atom is -0.399 e. The fourth-order valence-corrected chi connectivity index (χ4v) is 2.25. The fraction of sp³-hybridized carbons (Fsp3) is 0.0714. The van der Waals surface area contributed by atoms with Crippen molar-refractivity contribution in [1.29, 1.82) is 0 Å². The van der Waals surface area contributed by atoms with Crippen molar-refractivity contribution >= 4 is 28.7 Å². The molecule has 1 heterocycles. The number of rotatable bonds is 1. The predicted octanol–water partition coefficient (Wildman–Crippen LogP) is 2.07. The van der Waals surface area contributed by atoms with Crippen molar-refractivity contribution in [2.45, 2.75) is 6.42 Å². The summed E-state index contributed by atoms with van der Waals surface area (Å²) in [6.07, 6.45) is 0.394. The van der Waals surface area contributed by atoms with Crippen LogP contribution in [0.5, 0.6) is 0 Å². The molecule has 4 nitrogen and oxygen atoms in total. The number of fused-ring (bicyclic) bond motifs is 1. The molecule has 0 atom stereocenters. The van der Waals surface area contributed by atoms with E-state index in [1.807, 2.05) is 30.3 Å². The molecule has 0 radical (unpaired) electrons. The first-order valence-electron chi connectivity index (χ1n) is 5.72. The Morgan fingerprint density at radius 3 is 2.33 bits per heavy atom. The Morgan fingerprint density at radius 2 is 1.61 bits per heavy atom. The molecule has 3 rings (SSSR count). The molecule has 1 amide bonds. The zero-order valence-electron chi connectivity index (χ0n) is 9.76. The van der Waals surface area contributed by atoms with Gasteiger partial charge in [0.25, 0.3) is 0 Å². The van der Waals surface area contributed by atoms with Crippen molar-refractivity contribution in [1.82, 2.24) is 0 Å². The molecule has 1 aliphatic heterocycles. The van der Waals surface area contributed by atoms with Gasteiger partial charge in [0.1, 0.15) is 0 Å². The Morgan fingerprint density at radius 1 is 0.944 bits per heavy atom. The average Bonchev–Trinajstić information content (AvgIpc) is 2.65. The molecule has 0 unspecified atom stereocenters. The standard InChI is InChI=1S/C14H13N3O/c15-10-1-4-12(5-2-10)17-13-6-3-11(16)7-9(13)8-14(17)18/h1-7H,8,15-16H2. The number of benzene rings is 2. The highest BCUT2D eigenvalue weighted by molar-refractivity contribution is 6.07. The average molecular weight is 239 g/mol. The SMILES string of the molecule is Nc1ccc(N2C(=O)Cc3cc(N)ccc32)cc1. The van der Waals surface area contributed by atoms with Gasteiger partial charge in [0, 0.05) is 17.1 Å². The third-order valence-corrected chi connectivity index (χ3v) is 3.09. The molecule has 4 heteroatoms. The van der Waals surface area contributed by atoms with E-state index in [1.54, 1.807) is 17.0 Å². The van der Waals surface area contributed by atoms with Gasteiger partial charge in [0.05, 0.1) is 12.1 Å². The lowest BCUT2D eigenvalue weighted by Gasteiger charge is -2.17. The van der Waals surface area contributed by atoms with Crippen LogP contribution in [0, 0.1) is 0 Å². The molecule has 0 saturated heterocycles. The summed E-state index contributed by atoms with van der Waals surface area (Å²) in [5.41, 5.74) is 15.5. The molecule has 0 aromatic heterocycles. The number of nitrogens with zero attached hydrogens (tertiary/aromatic N) is 1. The van der Waals surface area contributed by atoms with Gasteiger partial charge in [-0.15, -0.1) is 0 Å². The summed E-state index contributed by atoms with van der Waals surface area (Å²) in [5, 5.41) is 0. The largest absolute Gasteiger partial charge is 0.399 e. The molecule has 90 valence electrons. The van der Waals surface area contributed by atoms with Crippen LogP contribution in [0.3, 0.4) is 0 Å². The summed E-state index contributed by atoms with van der Waals surface area (Å²) in [6.45, 7) is 0. The first kappa shape index (κ1) is 10.7. The van der Waals surface area contributed by atoms with Crippen molar-refractivity contribution in [3.63, 3.8) is 0 Å². The lowest BCUT2D eigenvalue weighted by Crippen LogP contribution is -2.20. The molecule has 1 aliphatic rings. The predicted molar refractivity (Wildman–Crippen MR) is 72.6 cm³/mol. The van der Waals surface area contributed by atoms with Crippen LogP contribution in [0.15, 0.2) is 42.5 Å². The molecule has 0 saturated carbocycles. The van der Waals surface area contributed by atoms with E-state index in [9.17, 15) is 4.79 Å². The monoisotopic (exact) mass is 239 g/mol. The number of hydrogen-bond acceptors (Lipinski definition) is 3. The van der Waals surface area contributed by atoms with E-state index >= 15 is 0 Å². The lowest BCUT2D eigenvalue weighted by molar-refractivity contribution is -0.116. The molecular weight excluding hydrogens is 226 g/mol. The second kappa shape index (κ2) is 3.77. The van der Waals surface area contributed by atoms with Gasteiger partial charge in [-0.05, 0) is 48.0 Å². The van der Waals surface area contributed by atoms with Gasteiger partial charge < -0.3 is 11.5 Å². The molecule has 0 aliphatic carbocycles. The van der Waals surface area contributed by atoms with Gasteiger partial charge in [-0.2, -0.15) is 0 Å². The van der Waals surface area contributed by atoms with Crippen molar-refractivity contribution in [2.24, 2.45) is 0 Å². The summed E-state index contributed by atoms with van der Waals surface area (Å²) < 4.78 is 0. The second-order valence-electron chi connectivity index (χ2n) is 4.39. The Bertz CT molecular complexity index is 619. The molecule has 0 bridgehead atoms. The van der Waals surface area contributed by atoms with E-state index in [4.69, 9.17) is 11.5 Å². The molecule has 18 heavy (non-hydrogen) atoms.